The quantitative estimate of drug-likeness (QED) is 0.382. The second kappa shape index (κ2) is 11.6. The van der Waals surface area contributed by atoms with Gasteiger partial charge in [-0.2, -0.15) is 0 Å². The van der Waals surface area contributed by atoms with Gasteiger partial charge in [0.15, 0.2) is 61.7 Å². The Morgan fingerprint density at radius 2 is 0.633 bits per heavy atom. The second-order valence-corrected chi connectivity index (χ2v) is 7.24. The molecule has 1 aliphatic carbocycles. The number of hydrogen-bond donors (Lipinski definition) is 0. The Morgan fingerprint density at radius 3 is 1.00 bits per heavy atom. The summed E-state index contributed by atoms with van der Waals surface area (Å²) in [6.45, 7) is 0. The summed E-state index contributed by atoms with van der Waals surface area (Å²) in [6, 6.07) is 0. The van der Waals surface area contributed by atoms with E-state index < -0.39 is 106 Å². The standard InChI is InChI=1S/C17H21F13/c18-5-2-1-3-6(19)8(21)10(23)12(25)14(27)16(29)17(30)15(28)13(26)11(24)9(22)7(20)4-5/h5-17H,1-4H2. The minimum Gasteiger partial charge on any atom is -0.247 e. The van der Waals surface area contributed by atoms with Crippen LogP contribution in [0.2, 0.25) is 0 Å². The zero-order valence-electron chi connectivity index (χ0n) is 15.2. The summed E-state index contributed by atoms with van der Waals surface area (Å²) in [5, 5.41) is 0. The number of alkyl halides is 13. The first kappa shape index (κ1) is 27.1. The lowest BCUT2D eigenvalue weighted by Crippen LogP contribution is -2.50. The van der Waals surface area contributed by atoms with E-state index in [9.17, 15) is 57.1 Å². The Balaban J connectivity index is 3.13. The molecule has 0 aromatic carbocycles. The highest BCUT2D eigenvalue weighted by Crippen LogP contribution is 2.32. The van der Waals surface area contributed by atoms with Gasteiger partial charge < -0.3 is 0 Å². The van der Waals surface area contributed by atoms with Crippen LogP contribution in [0.1, 0.15) is 25.7 Å². The lowest BCUT2D eigenvalue weighted by atomic mass is 9.94. The maximum Gasteiger partial charge on any atom is 0.168 e. The summed E-state index contributed by atoms with van der Waals surface area (Å²) in [5.74, 6) is 0. The second-order valence-electron chi connectivity index (χ2n) is 7.24. The third-order valence-electron chi connectivity index (χ3n) is 4.91. The topological polar surface area (TPSA) is 0 Å². The van der Waals surface area contributed by atoms with Crippen molar-refractivity contribution < 1.29 is 57.1 Å². The van der Waals surface area contributed by atoms with Crippen LogP contribution in [0.15, 0.2) is 0 Å². The minimum absolute atomic E-state index is 0.606. The number of hydrogen-bond acceptors (Lipinski definition) is 0. The molecule has 0 amide bonds. The molecule has 0 saturated heterocycles. The van der Waals surface area contributed by atoms with Crippen LogP contribution in [-0.4, -0.2) is 80.2 Å². The molecule has 1 fully saturated rings. The molecular weight excluding hydrogens is 451 g/mol. The van der Waals surface area contributed by atoms with Crippen LogP contribution in [0.4, 0.5) is 57.1 Å². The van der Waals surface area contributed by atoms with E-state index in [4.69, 9.17) is 0 Å². The van der Waals surface area contributed by atoms with Gasteiger partial charge in [-0.15, -0.1) is 0 Å². The van der Waals surface area contributed by atoms with Crippen molar-refractivity contribution in [2.75, 3.05) is 0 Å². The van der Waals surface area contributed by atoms with Crippen molar-refractivity contribution >= 4 is 0 Å². The molecule has 180 valence electrons. The molecule has 0 heterocycles. The average Bonchev–Trinajstić information content (AvgIpc) is 2.72. The third kappa shape index (κ3) is 6.54. The molecule has 1 saturated carbocycles. The van der Waals surface area contributed by atoms with E-state index in [1.54, 1.807) is 0 Å². The van der Waals surface area contributed by atoms with Crippen molar-refractivity contribution in [3.8, 4) is 0 Å². The van der Waals surface area contributed by atoms with Crippen LogP contribution in [0.3, 0.4) is 0 Å². The fraction of sp³-hybridized carbons (Fsp3) is 1.00. The Labute approximate surface area is 164 Å². The highest BCUT2D eigenvalue weighted by Gasteiger charge is 2.51. The predicted octanol–water partition coefficient (Wildman–Crippen LogP) is 5.96. The summed E-state index contributed by atoms with van der Waals surface area (Å²) in [5.41, 5.74) is 0. The highest BCUT2D eigenvalue weighted by molar-refractivity contribution is 4.97. The van der Waals surface area contributed by atoms with Crippen molar-refractivity contribution in [3.63, 3.8) is 0 Å². The molecule has 0 spiro atoms. The SMILES string of the molecule is FC1CCCC(F)C(F)C(F)C(F)C(F)C(F)C(F)C(F)C(F)C(F)C(F)C(F)C1. The van der Waals surface area contributed by atoms with E-state index in [-0.39, 0.29) is 0 Å². The molecule has 0 bridgehead atoms. The lowest BCUT2D eigenvalue weighted by molar-refractivity contribution is -0.0704. The Kier molecular flexibility index (Phi) is 10.5. The van der Waals surface area contributed by atoms with E-state index in [1.165, 1.54) is 0 Å². The van der Waals surface area contributed by atoms with Gasteiger partial charge in [0, 0.05) is 6.42 Å². The molecule has 30 heavy (non-hydrogen) atoms. The number of halogens is 13. The summed E-state index contributed by atoms with van der Waals surface area (Å²) >= 11 is 0. The summed E-state index contributed by atoms with van der Waals surface area (Å²) in [4.78, 5) is 0. The molecular formula is C17H21F13. The zero-order valence-corrected chi connectivity index (χ0v) is 15.2. The van der Waals surface area contributed by atoms with E-state index >= 15 is 0 Å². The first-order chi connectivity index (χ1) is 13.8. The number of rotatable bonds is 0. The van der Waals surface area contributed by atoms with Gasteiger partial charge in [-0.3, -0.25) is 0 Å². The first-order valence-electron chi connectivity index (χ1n) is 9.14. The third-order valence-corrected chi connectivity index (χ3v) is 4.91. The molecule has 13 atom stereocenters. The van der Waals surface area contributed by atoms with Gasteiger partial charge >= 0.3 is 0 Å². The Hall–Kier alpha value is -0.910. The molecule has 0 aromatic heterocycles. The Morgan fingerprint density at radius 1 is 0.333 bits per heavy atom. The van der Waals surface area contributed by atoms with Gasteiger partial charge in [-0.1, -0.05) is 0 Å². The van der Waals surface area contributed by atoms with Gasteiger partial charge in [-0.05, 0) is 19.3 Å². The summed E-state index contributed by atoms with van der Waals surface area (Å²) in [7, 11) is 0. The molecule has 13 unspecified atom stereocenters. The van der Waals surface area contributed by atoms with Crippen LogP contribution in [-0.2, 0) is 0 Å². The maximum absolute atomic E-state index is 13.7. The molecule has 0 aromatic rings. The van der Waals surface area contributed by atoms with Gasteiger partial charge in [0.1, 0.15) is 18.5 Å². The highest BCUT2D eigenvalue weighted by atomic mass is 19.2. The van der Waals surface area contributed by atoms with Crippen molar-refractivity contribution in [2.24, 2.45) is 0 Å². The van der Waals surface area contributed by atoms with E-state index in [2.05, 4.69) is 0 Å². The van der Waals surface area contributed by atoms with Gasteiger partial charge in [0.2, 0.25) is 0 Å². The van der Waals surface area contributed by atoms with Crippen LogP contribution < -0.4 is 0 Å². The molecule has 0 N–H and O–H groups in total. The van der Waals surface area contributed by atoms with Crippen molar-refractivity contribution in [1.29, 1.82) is 0 Å². The zero-order chi connectivity index (χ0) is 23.3. The predicted molar refractivity (Wildman–Crippen MR) is 82.1 cm³/mol. The van der Waals surface area contributed by atoms with Gasteiger partial charge in [0.05, 0.1) is 0 Å². The maximum atomic E-state index is 13.7. The first-order valence-corrected chi connectivity index (χ1v) is 9.14. The van der Waals surface area contributed by atoms with Crippen LogP contribution in [0.25, 0.3) is 0 Å². The Bertz CT molecular complexity index is 496. The molecule has 1 rings (SSSR count). The largest absolute Gasteiger partial charge is 0.247 e. The normalized spacial score (nSPS) is 51.3. The average molecular weight is 472 g/mol. The van der Waals surface area contributed by atoms with Crippen LogP contribution in [0.5, 0.6) is 0 Å². The molecule has 0 aliphatic heterocycles. The summed E-state index contributed by atoms with van der Waals surface area (Å²) in [6.07, 6.45) is -50.0. The van der Waals surface area contributed by atoms with E-state index in [0.29, 0.717) is 0 Å². The van der Waals surface area contributed by atoms with Crippen molar-refractivity contribution in [2.45, 2.75) is 106 Å². The lowest BCUT2D eigenvalue weighted by Gasteiger charge is -2.28. The van der Waals surface area contributed by atoms with Crippen LogP contribution >= 0.6 is 0 Å². The molecule has 0 nitrogen and oxygen atoms in total. The monoisotopic (exact) mass is 472 g/mol. The molecule has 1 aliphatic rings. The molecule has 13 heteroatoms. The van der Waals surface area contributed by atoms with E-state index in [1.807, 2.05) is 0 Å². The fourth-order valence-electron chi connectivity index (χ4n) is 2.99. The van der Waals surface area contributed by atoms with E-state index in [0.717, 1.165) is 0 Å². The molecule has 0 radical (unpaired) electrons. The summed E-state index contributed by atoms with van der Waals surface area (Å²) < 4.78 is 177. The van der Waals surface area contributed by atoms with Crippen molar-refractivity contribution in [3.05, 3.63) is 0 Å². The van der Waals surface area contributed by atoms with Gasteiger partial charge in [-0.25, -0.2) is 57.1 Å². The van der Waals surface area contributed by atoms with Crippen molar-refractivity contribution in [1.82, 2.24) is 0 Å². The smallest absolute Gasteiger partial charge is 0.168 e. The minimum atomic E-state index is -4.02. The van der Waals surface area contributed by atoms with Crippen LogP contribution in [0, 0.1) is 0 Å². The fourth-order valence-corrected chi connectivity index (χ4v) is 2.99. The van der Waals surface area contributed by atoms with Gasteiger partial charge in [0.25, 0.3) is 0 Å².